The number of fused-ring (bicyclic) bond motifs is 3. The molecule has 2 bridgehead atoms. The first-order valence-corrected chi connectivity index (χ1v) is 5.95. The Labute approximate surface area is 107 Å². The van der Waals surface area contributed by atoms with E-state index in [9.17, 15) is 9.59 Å². The molecule has 5 aliphatic rings. The Kier molecular flexibility index (Phi) is 1.25. The van der Waals surface area contributed by atoms with Gasteiger partial charge in [0.05, 0.1) is 0 Å². The van der Waals surface area contributed by atoms with Gasteiger partial charge in [-0.25, -0.2) is 9.59 Å². The van der Waals surface area contributed by atoms with Crippen LogP contribution in [0.3, 0.4) is 0 Å². The Bertz CT molecular complexity index is 798. The van der Waals surface area contributed by atoms with Gasteiger partial charge in [-0.15, -0.1) is 0 Å². The van der Waals surface area contributed by atoms with Crippen LogP contribution in [0.5, 0.6) is 0 Å². The number of carbonyl (C=O) groups excluding carboxylic acids is 2. The fourth-order valence-corrected chi connectivity index (χ4v) is 3.21. The van der Waals surface area contributed by atoms with Crippen LogP contribution in [0.25, 0.3) is 0 Å². The molecule has 0 saturated carbocycles. The second-order valence-corrected chi connectivity index (χ2v) is 4.95. The van der Waals surface area contributed by atoms with E-state index in [1.165, 1.54) is 0 Å². The molecule has 2 aliphatic carbocycles. The molecule has 0 aromatic heterocycles. The molecule has 0 saturated heterocycles. The van der Waals surface area contributed by atoms with Crippen molar-refractivity contribution >= 4 is 11.9 Å². The largest absolute Gasteiger partial charge is 0.472 e. The minimum absolute atomic E-state index is 0.286. The van der Waals surface area contributed by atoms with Gasteiger partial charge in [0.25, 0.3) is 0 Å². The van der Waals surface area contributed by atoms with Crippen molar-refractivity contribution in [3.63, 3.8) is 0 Å². The molecule has 1 unspecified atom stereocenters. The lowest BCUT2D eigenvalue weighted by atomic mass is 9.77. The molecule has 0 aromatic carbocycles. The second kappa shape index (κ2) is 2.54. The van der Waals surface area contributed by atoms with E-state index >= 15 is 0 Å². The molecule has 1 atom stereocenters. The van der Waals surface area contributed by atoms with Gasteiger partial charge in [-0.2, -0.15) is 0 Å². The van der Waals surface area contributed by atoms with Crippen LogP contribution in [0.15, 0.2) is 70.1 Å². The quantitative estimate of drug-likeness (QED) is 0.481. The lowest BCUT2D eigenvalue weighted by molar-refractivity contribution is -0.152. The smallest absolute Gasteiger partial charge is 0.350 e. The highest BCUT2D eigenvalue weighted by atomic mass is 16.6. The van der Waals surface area contributed by atoms with Crippen LogP contribution in [0.2, 0.25) is 0 Å². The minimum atomic E-state index is -0.949. The standard InChI is InChI=1S/C15H6O4/c16-13-11-10-5-9-4-7-2-1-3-8(7)6-15(9,19-10)12(11)14(17)18-13/h1-6H. The normalized spacial score (nSPS) is 32.2. The van der Waals surface area contributed by atoms with Gasteiger partial charge in [0.2, 0.25) is 0 Å². The van der Waals surface area contributed by atoms with Crippen LogP contribution in [-0.2, 0) is 19.1 Å². The number of ether oxygens (including phenoxy) is 2. The number of cyclic esters (lactones) is 2. The summed E-state index contributed by atoms with van der Waals surface area (Å²) >= 11 is 0. The zero-order valence-electron chi connectivity index (χ0n) is 9.60. The predicted molar refractivity (Wildman–Crippen MR) is 63.4 cm³/mol. The van der Waals surface area contributed by atoms with Crippen molar-refractivity contribution in [3.8, 4) is 0 Å². The van der Waals surface area contributed by atoms with Crippen molar-refractivity contribution < 1.29 is 19.1 Å². The second-order valence-electron chi connectivity index (χ2n) is 4.95. The van der Waals surface area contributed by atoms with Gasteiger partial charge in [0.15, 0.2) is 5.60 Å². The number of rotatable bonds is 0. The number of allylic oxidation sites excluding steroid dienone is 6. The third-order valence-corrected chi connectivity index (χ3v) is 4.00. The number of hydrogen-bond acceptors (Lipinski definition) is 4. The van der Waals surface area contributed by atoms with E-state index in [1.807, 2.05) is 36.5 Å². The summed E-state index contributed by atoms with van der Waals surface area (Å²) in [5, 5.41) is 0. The molecule has 0 amide bonds. The van der Waals surface area contributed by atoms with Gasteiger partial charge in [0.1, 0.15) is 16.9 Å². The van der Waals surface area contributed by atoms with Crippen molar-refractivity contribution in [2.75, 3.05) is 0 Å². The lowest BCUT2D eigenvalue weighted by Gasteiger charge is -2.28. The van der Waals surface area contributed by atoms with E-state index in [4.69, 9.17) is 9.47 Å². The average molecular weight is 250 g/mol. The van der Waals surface area contributed by atoms with Gasteiger partial charge in [-0.1, -0.05) is 18.2 Å². The average Bonchev–Trinajstić information content (AvgIpc) is 3.06. The fraction of sp³-hybridized carbons (Fsp3) is 0.0667. The Hall–Kier alpha value is -2.62. The summed E-state index contributed by atoms with van der Waals surface area (Å²) < 4.78 is 10.5. The molecule has 3 heterocycles. The van der Waals surface area contributed by atoms with Crippen molar-refractivity contribution in [1.82, 2.24) is 0 Å². The van der Waals surface area contributed by atoms with Gasteiger partial charge in [0, 0.05) is 5.57 Å². The zero-order chi connectivity index (χ0) is 12.8. The molecule has 3 aliphatic heterocycles. The predicted octanol–water partition coefficient (Wildman–Crippen LogP) is 1.40. The molecule has 4 nitrogen and oxygen atoms in total. The summed E-state index contributed by atoms with van der Waals surface area (Å²) in [6.45, 7) is 0. The van der Waals surface area contributed by atoms with Crippen LogP contribution < -0.4 is 0 Å². The molecule has 0 N–H and O–H groups in total. The molecular weight excluding hydrogens is 244 g/mol. The van der Waals surface area contributed by atoms with E-state index in [2.05, 4.69) is 0 Å². The van der Waals surface area contributed by atoms with Gasteiger partial charge in [-0.3, -0.25) is 0 Å². The van der Waals surface area contributed by atoms with Crippen LogP contribution in [0.4, 0.5) is 0 Å². The van der Waals surface area contributed by atoms with Crippen molar-refractivity contribution in [2.24, 2.45) is 0 Å². The zero-order valence-corrected chi connectivity index (χ0v) is 9.60. The highest BCUT2D eigenvalue weighted by molar-refractivity contribution is 6.18. The van der Waals surface area contributed by atoms with E-state index in [0.717, 1.165) is 16.7 Å². The Morgan fingerprint density at radius 3 is 2.84 bits per heavy atom. The molecule has 90 valence electrons. The molecule has 5 rings (SSSR count). The van der Waals surface area contributed by atoms with Crippen molar-refractivity contribution in [2.45, 2.75) is 5.60 Å². The molecular formula is C15H6O4. The molecule has 19 heavy (non-hydrogen) atoms. The maximum absolute atomic E-state index is 11.9. The Morgan fingerprint density at radius 1 is 1.05 bits per heavy atom. The molecule has 0 fully saturated rings. The minimum Gasteiger partial charge on any atom is -0.472 e. The molecule has 4 heteroatoms. The molecule has 0 radical (unpaired) electrons. The van der Waals surface area contributed by atoms with E-state index < -0.39 is 17.5 Å². The Morgan fingerprint density at radius 2 is 1.95 bits per heavy atom. The van der Waals surface area contributed by atoms with Gasteiger partial charge in [-0.05, 0) is 29.4 Å². The maximum atomic E-state index is 11.9. The van der Waals surface area contributed by atoms with Crippen LogP contribution >= 0.6 is 0 Å². The van der Waals surface area contributed by atoms with Crippen molar-refractivity contribution in [1.29, 1.82) is 0 Å². The molecule has 1 spiro atoms. The highest BCUT2D eigenvalue weighted by Crippen LogP contribution is 2.56. The van der Waals surface area contributed by atoms with Crippen LogP contribution in [0, 0.1) is 0 Å². The first-order valence-electron chi connectivity index (χ1n) is 5.95. The number of hydrogen-bond donors (Lipinski definition) is 0. The lowest BCUT2D eigenvalue weighted by Crippen LogP contribution is -2.33. The van der Waals surface area contributed by atoms with Crippen molar-refractivity contribution in [3.05, 3.63) is 70.1 Å². The maximum Gasteiger partial charge on any atom is 0.350 e. The molecule has 0 aromatic rings. The number of esters is 2. The van der Waals surface area contributed by atoms with E-state index in [0.29, 0.717) is 11.3 Å². The van der Waals surface area contributed by atoms with Gasteiger partial charge >= 0.3 is 11.9 Å². The Balaban J connectivity index is 1.84. The summed E-state index contributed by atoms with van der Waals surface area (Å²) in [5.74, 6) is -0.761. The first kappa shape index (κ1) is 9.33. The summed E-state index contributed by atoms with van der Waals surface area (Å²) in [6, 6.07) is 0. The summed E-state index contributed by atoms with van der Waals surface area (Å²) in [4.78, 5) is 23.6. The van der Waals surface area contributed by atoms with Crippen LogP contribution in [-0.4, -0.2) is 17.5 Å². The summed E-state index contributed by atoms with van der Waals surface area (Å²) in [6.07, 6.45) is 11.6. The van der Waals surface area contributed by atoms with Crippen LogP contribution in [0.1, 0.15) is 0 Å². The van der Waals surface area contributed by atoms with E-state index in [-0.39, 0.29) is 5.57 Å². The summed E-state index contributed by atoms with van der Waals surface area (Å²) in [7, 11) is 0. The SMILES string of the molecule is O=C1OC(=O)C2=C1C1=CC3=CC4=CC=CC4=CC32O1. The fourth-order valence-electron chi connectivity index (χ4n) is 3.21. The first-order chi connectivity index (χ1) is 9.19. The third kappa shape index (κ3) is 0.836. The topological polar surface area (TPSA) is 52.6 Å². The third-order valence-electron chi connectivity index (χ3n) is 4.00. The highest BCUT2D eigenvalue weighted by Gasteiger charge is 2.60. The monoisotopic (exact) mass is 250 g/mol. The van der Waals surface area contributed by atoms with Gasteiger partial charge < -0.3 is 9.47 Å². The summed E-state index contributed by atoms with van der Waals surface area (Å²) in [5.41, 5.74) is 2.63. The van der Waals surface area contributed by atoms with E-state index in [1.54, 1.807) is 0 Å². The number of carbonyl (C=O) groups is 2.